The summed E-state index contributed by atoms with van der Waals surface area (Å²) in [5.41, 5.74) is 0.905. The van der Waals surface area contributed by atoms with Crippen LogP contribution in [-0.4, -0.2) is 25.2 Å². The van der Waals surface area contributed by atoms with Crippen LogP contribution < -0.4 is 10.2 Å². The monoisotopic (exact) mass is 276 g/mol. The van der Waals surface area contributed by atoms with Crippen LogP contribution in [0.5, 0.6) is 0 Å². The summed E-state index contributed by atoms with van der Waals surface area (Å²) in [7, 11) is 0. The third-order valence-electron chi connectivity index (χ3n) is 2.91. The molecule has 1 N–H and O–H groups in total. The summed E-state index contributed by atoms with van der Waals surface area (Å²) in [4.78, 5) is 2.16. The summed E-state index contributed by atoms with van der Waals surface area (Å²) in [6.07, 6.45) is 0. The van der Waals surface area contributed by atoms with E-state index in [9.17, 15) is 4.39 Å². The molecule has 0 spiro atoms. The minimum Gasteiger partial charge on any atom is -0.368 e. The van der Waals surface area contributed by atoms with Gasteiger partial charge in [0.15, 0.2) is 5.82 Å². The Morgan fingerprint density at radius 3 is 2.41 bits per heavy atom. The molecular formula is C12H15Cl2FN2. The lowest BCUT2D eigenvalue weighted by Crippen LogP contribution is -2.57. The Hall–Kier alpha value is -0.510. The van der Waals surface area contributed by atoms with E-state index >= 15 is 0 Å². The molecule has 94 valence electrons. The Morgan fingerprint density at radius 1 is 1.29 bits per heavy atom. The molecule has 0 radical (unpaired) electrons. The summed E-state index contributed by atoms with van der Waals surface area (Å²) in [5.74, 6) is -0.550. The van der Waals surface area contributed by atoms with Gasteiger partial charge >= 0.3 is 0 Å². The lowest BCUT2D eigenvalue weighted by atomic mass is 10.0. The maximum Gasteiger partial charge on any atom is 0.160 e. The minimum atomic E-state index is -0.550. The van der Waals surface area contributed by atoms with E-state index < -0.39 is 5.82 Å². The van der Waals surface area contributed by atoms with Crippen LogP contribution >= 0.6 is 23.2 Å². The van der Waals surface area contributed by atoms with E-state index in [-0.39, 0.29) is 15.6 Å². The summed E-state index contributed by atoms with van der Waals surface area (Å²) in [5, 5.41) is 3.56. The van der Waals surface area contributed by atoms with Gasteiger partial charge in [-0.15, -0.1) is 0 Å². The normalized spacial score (nSPS) is 19.5. The van der Waals surface area contributed by atoms with Gasteiger partial charge in [0.2, 0.25) is 0 Å². The van der Waals surface area contributed by atoms with E-state index in [0.29, 0.717) is 0 Å². The molecule has 5 heteroatoms. The molecule has 0 bridgehead atoms. The topological polar surface area (TPSA) is 15.3 Å². The molecule has 1 aromatic rings. The van der Waals surface area contributed by atoms with Crippen LogP contribution in [0.2, 0.25) is 10.0 Å². The summed E-state index contributed by atoms with van der Waals surface area (Å²) in [6.45, 7) is 6.85. The van der Waals surface area contributed by atoms with Gasteiger partial charge in [-0.25, -0.2) is 4.39 Å². The Morgan fingerprint density at radius 2 is 1.88 bits per heavy atom. The maximum absolute atomic E-state index is 13.3. The van der Waals surface area contributed by atoms with Gasteiger partial charge in [0.1, 0.15) is 0 Å². The predicted octanol–water partition coefficient (Wildman–Crippen LogP) is 3.32. The van der Waals surface area contributed by atoms with Crippen LogP contribution in [-0.2, 0) is 0 Å². The fourth-order valence-corrected chi connectivity index (χ4v) is 2.56. The zero-order valence-corrected chi connectivity index (χ0v) is 11.4. The van der Waals surface area contributed by atoms with E-state index in [4.69, 9.17) is 23.2 Å². The molecule has 1 aliphatic rings. The molecule has 1 fully saturated rings. The lowest BCUT2D eigenvalue weighted by molar-refractivity contribution is 0.353. The van der Waals surface area contributed by atoms with Gasteiger partial charge in [0.25, 0.3) is 0 Å². The highest BCUT2D eigenvalue weighted by Crippen LogP contribution is 2.30. The quantitative estimate of drug-likeness (QED) is 0.792. The number of piperazine rings is 1. The Bertz CT molecular complexity index is 412. The Labute approximate surface area is 111 Å². The van der Waals surface area contributed by atoms with Crippen LogP contribution in [0.4, 0.5) is 10.1 Å². The highest BCUT2D eigenvalue weighted by atomic mass is 35.5. The zero-order valence-electron chi connectivity index (χ0n) is 9.86. The van der Waals surface area contributed by atoms with Gasteiger partial charge in [-0.2, -0.15) is 0 Å². The molecule has 1 heterocycles. The molecule has 0 aromatic heterocycles. The lowest BCUT2D eigenvalue weighted by Gasteiger charge is -2.40. The number of rotatable bonds is 1. The second-order valence-electron chi connectivity index (χ2n) is 4.96. The average Bonchev–Trinajstić information content (AvgIpc) is 2.23. The van der Waals surface area contributed by atoms with Crippen LogP contribution in [0.15, 0.2) is 12.1 Å². The SMILES string of the molecule is CC1(C)CN(c2cc(Cl)c(F)c(Cl)c2)CCN1. The average molecular weight is 277 g/mol. The molecule has 0 atom stereocenters. The van der Waals surface area contributed by atoms with E-state index in [1.54, 1.807) is 12.1 Å². The van der Waals surface area contributed by atoms with E-state index in [1.165, 1.54) is 0 Å². The van der Waals surface area contributed by atoms with Crippen molar-refractivity contribution in [3.8, 4) is 0 Å². The summed E-state index contributed by atoms with van der Waals surface area (Å²) >= 11 is 11.6. The maximum atomic E-state index is 13.3. The first kappa shape index (κ1) is 12.9. The van der Waals surface area contributed by atoms with Gasteiger partial charge in [0, 0.05) is 30.9 Å². The third-order valence-corrected chi connectivity index (χ3v) is 3.46. The number of benzene rings is 1. The van der Waals surface area contributed by atoms with E-state index in [1.807, 2.05) is 0 Å². The third kappa shape index (κ3) is 2.84. The molecule has 0 saturated carbocycles. The van der Waals surface area contributed by atoms with Crippen LogP contribution in [0, 0.1) is 5.82 Å². The fraction of sp³-hybridized carbons (Fsp3) is 0.500. The second kappa shape index (κ2) is 4.63. The molecule has 0 amide bonds. The van der Waals surface area contributed by atoms with Crippen LogP contribution in [0.3, 0.4) is 0 Å². The molecule has 1 aliphatic heterocycles. The molecule has 2 nitrogen and oxygen atoms in total. The van der Waals surface area contributed by atoms with Crippen molar-refractivity contribution in [2.24, 2.45) is 0 Å². The zero-order chi connectivity index (χ0) is 12.6. The smallest absolute Gasteiger partial charge is 0.160 e. The molecule has 17 heavy (non-hydrogen) atoms. The highest BCUT2D eigenvalue weighted by molar-refractivity contribution is 6.35. The molecule has 2 rings (SSSR count). The van der Waals surface area contributed by atoms with Crippen molar-refractivity contribution in [2.75, 3.05) is 24.5 Å². The fourth-order valence-electron chi connectivity index (χ4n) is 2.09. The first-order valence-corrected chi connectivity index (χ1v) is 6.29. The second-order valence-corrected chi connectivity index (χ2v) is 5.77. The van der Waals surface area contributed by atoms with Crippen molar-refractivity contribution in [2.45, 2.75) is 19.4 Å². The molecule has 0 unspecified atom stereocenters. The molecular weight excluding hydrogens is 262 g/mol. The van der Waals surface area contributed by atoms with Crippen molar-refractivity contribution >= 4 is 28.9 Å². The highest BCUT2D eigenvalue weighted by Gasteiger charge is 2.26. The summed E-state index contributed by atoms with van der Waals surface area (Å²) in [6, 6.07) is 3.26. The number of halogens is 3. The number of hydrogen-bond acceptors (Lipinski definition) is 2. The van der Waals surface area contributed by atoms with Gasteiger partial charge in [-0.3, -0.25) is 0 Å². The molecule has 0 aliphatic carbocycles. The van der Waals surface area contributed by atoms with Crippen molar-refractivity contribution in [3.05, 3.63) is 28.0 Å². The van der Waals surface area contributed by atoms with Gasteiger partial charge < -0.3 is 10.2 Å². The number of nitrogens with one attached hydrogen (secondary N) is 1. The van der Waals surface area contributed by atoms with Crippen molar-refractivity contribution in [1.82, 2.24) is 5.32 Å². The standard InChI is InChI=1S/C12H15Cl2FN2/c1-12(2)7-17(4-3-16-12)8-5-9(13)11(15)10(14)6-8/h5-6,16H,3-4,7H2,1-2H3. The van der Waals surface area contributed by atoms with Gasteiger partial charge in [0.05, 0.1) is 10.0 Å². The number of hydrogen-bond donors (Lipinski definition) is 1. The van der Waals surface area contributed by atoms with Crippen molar-refractivity contribution in [1.29, 1.82) is 0 Å². The Balaban J connectivity index is 2.28. The van der Waals surface area contributed by atoms with Crippen LogP contribution in [0.1, 0.15) is 13.8 Å². The minimum absolute atomic E-state index is 0.0333. The molecule has 1 aromatic carbocycles. The summed E-state index contributed by atoms with van der Waals surface area (Å²) < 4.78 is 13.3. The number of nitrogens with zero attached hydrogens (tertiary/aromatic N) is 1. The number of anilines is 1. The van der Waals surface area contributed by atoms with E-state index in [2.05, 4.69) is 24.1 Å². The predicted molar refractivity (Wildman–Crippen MR) is 70.7 cm³/mol. The van der Waals surface area contributed by atoms with Crippen molar-refractivity contribution in [3.63, 3.8) is 0 Å². The largest absolute Gasteiger partial charge is 0.368 e. The van der Waals surface area contributed by atoms with Gasteiger partial charge in [-0.1, -0.05) is 23.2 Å². The van der Waals surface area contributed by atoms with Crippen LogP contribution in [0.25, 0.3) is 0 Å². The first-order chi connectivity index (χ1) is 7.89. The first-order valence-electron chi connectivity index (χ1n) is 5.53. The van der Waals surface area contributed by atoms with Crippen molar-refractivity contribution < 1.29 is 4.39 Å². The van der Waals surface area contributed by atoms with Gasteiger partial charge in [-0.05, 0) is 26.0 Å². The molecule has 1 saturated heterocycles. The Kier molecular flexibility index (Phi) is 3.53. The van der Waals surface area contributed by atoms with E-state index in [0.717, 1.165) is 25.3 Å².